The lowest BCUT2D eigenvalue weighted by Gasteiger charge is -2.21. The molecule has 0 aliphatic heterocycles. The minimum atomic E-state index is 0.0545. The van der Waals surface area contributed by atoms with Crippen molar-refractivity contribution in [1.82, 2.24) is 0 Å². The van der Waals surface area contributed by atoms with Crippen molar-refractivity contribution in [2.45, 2.75) is 47.0 Å². The molecule has 1 rings (SSSR count). The smallest absolute Gasteiger partial charge is 0.159 e. The largest absolute Gasteiger partial charge is 0.295 e. The first kappa shape index (κ1) is 9.50. The molecule has 1 heteroatoms. The Hall–Kier alpha value is -0.590. The van der Waals surface area contributed by atoms with Crippen molar-refractivity contribution < 1.29 is 4.79 Å². The van der Waals surface area contributed by atoms with Gasteiger partial charge in [-0.05, 0) is 23.8 Å². The Bertz CT molecular complexity index is 228. The lowest BCUT2D eigenvalue weighted by molar-refractivity contribution is -0.115. The molecule has 0 N–H and O–H groups in total. The number of Topliss-reactive ketones (excluding diaryl/α,β-unsaturated/α-hetero) is 1. The molecule has 0 saturated heterocycles. The topological polar surface area (TPSA) is 17.1 Å². The Labute approximate surface area is 74.9 Å². The van der Waals surface area contributed by atoms with E-state index in [1.165, 1.54) is 5.57 Å². The lowest BCUT2D eigenvalue weighted by Crippen LogP contribution is -2.15. The van der Waals surface area contributed by atoms with Crippen LogP contribution in [0.15, 0.2) is 11.1 Å². The van der Waals surface area contributed by atoms with E-state index in [1.807, 2.05) is 0 Å². The highest BCUT2D eigenvalue weighted by Crippen LogP contribution is 2.37. The number of hydrogen-bond donors (Lipinski definition) is 0. The molecular formula is C11H18O. The second-order valence-electron chi connectivity index (χ2n) is 4.51. The van der Waals surface area contributed by atoms with Gasteiger partial charge in [-0.25, -0.2) is 0 Å². The quantitative estimate of drug-likeness (QED) is 0.585. The maximum Gasteiger partial charge on any atom is 0.159 e. The summed E-state index contributed by atoms with van der Waals surface area (Å²) in [5.41, 5.74) is 2.54. The van der Waals surface area contributed by atoms with Crippen LogP contribution in [-0.2, 0) is 4.79 Å². The summed E-state index contributed by atoms with van der Waals surface area (Å²) >= 11 is 0. The number of ketones is 1. The number of allylic oxidation sites excluding steroid dienone is 2. The zero-order valence-electron chi connectivity index (χ0n) is 8.53. The van der Waals surface area contributed by atoms with Crippen molar-refractivity contribution in [1.29, 1.82) is 0 Å². The van der Waals surface area contributed by atoms with Crippen molar-refractivity contribution in [2.24, 2.45) is 5.41 Å². The minimum absolute atomic E-state index is 0.0545. The second-order valence-corrected chi connectivity index (χ2v) is 4.51. The number of carbonyl (C=O) groups is 1. The average molecular weight is 166 g/mol. The Morgan fingerprint density at radius 2 is 1.83 bits per heavy atom. The highest BCUT2D eigenvalue weighted by molar-refractivity contribution is 5.99. The predicted octanol–water partition coefficient (Wildman–Crippen LogP) is 3.10. The number of carbonyl (C=O) groups excluding carboxylic acids is 1. The van der Waals surface area contributed by atoms with Crippen molar-refractivity contribution in [3.05, 3.63) is 11.1 Å². The van der Waals surface area contributed by atoms with E-state index in [4.69, 9.17) is 0 Å². The molecule has 1 aliphatic rings. The Morgan fingerprint density at radius 1 is 1.25 bits per heavy atom. The molecule has 0 unspecified atom stereocenters. The van der Waals surface area contributed by atoms with E-state index in [2.05, 4.69) is 27.7 Å². The van der Waals surface area contributed by atoms with Crippen LogP contribution in [-0.4, -0.2) is 5.78 Å². The zero-order chi connectivity index (χ0) is 9.35. The molecule has 0 fully saturated rings. The fraction of sp³-hybridized carbons (Fsp3) is 0.727. The van der Waals surface area contributed by atoms with Crippen LogP contribution in [0.1, 0.15) is 47.0 Å². The molecule has 0 atom stereocenters. The summed E-state index contributed by atoms with van der Waals surface area (Å²) in [5, 5.41) is 0. The van der Waals surface area contributed by atoms with Gasteiger partial charge < -0.3 is 0 Å². The van der Waals surface area contributed by atoms with Gasteiger partial charge in [-0.1, -0.05) is 33.3 Å². The van der Waals surface area contributed by atoms with Gasteiger partial charge in [0.15, 0.2) is 5.78 Å². The number of hydrogen-bond acceptors (Lipinski definition) is 1. The van der Waals surface area contributed by atoms with Crippen LogP contribution in [0.2, 0.25) is 0 Å². The van der Waals surface area contributed by atoms with Gasteiger partial charge in [0.05, 0.1) is 0 Å². The maximum atomic E-state index is 11.5. The average Bonchev–Trinajstić information content (AvgIpc) is 2.29. The van der Waals surface area contributed by atoms with Crippen LogP contribution in [0.25, 0.3) is 0 Å². The third kappa shape index (κ3) is 1.60. The van der Waals surface area contributed by atoms with Gasteiger partial charge in [-0.3, -0.25) is 4.79 Å². The van der Waals surface area contributed by atoms with Crippen molar-refractivity contribution in [2.75, 3.05) is 0 Å². The molecule has 12 heavy (non-hydrogen) atoms. The molecule has 0 amide bonds. The van der Waals surface area contributed by atoms with E-state index in [0.717, 1.165) is 24.8 Å². The summed E-state index contributed by atoms with van der Waals surface area (Å²) in [6.07, 6.45) is 2.79. The van der Waals surface area contributed by atoms with Gasteiger partial charge >= 0.3 is 0 Å². The van der Waals surface area contributed by atoms with E-state index >= 15 is 0 Å². The van der Waals surface area contributed by atoms with Gasteiger partial charge in [-0.15, -0.1) is 0 Å². The zero-order valence-corrected chi connectivity index (χ0v) is 8.53. The summed E-state index contributed by atoms with van der Waals surface area (Å²) in [4.78, 5) is 11.5. The minimum Gasteiger partial charge on any atom is -0.295 e. The molecule has 0 spiro atoms. The fourth-order valence-corrected chi connectivity index (χ4v) is 2.01. The molecule has 0 saturated carbocycles. The highest BCUT2D eigenvalue weighted by atomic mass is 16.1. The Balaban J connectivity index is 3.04. The molecule has 0 radical (unpaired) electrons. The van der Waals surface area contributed by atoms with E-state index in [9.17, 15) is 4.79 Å². The third-order valence-electron chi connectivity index (χ3n) is 2.46. The normalized spacial score (nSPS) is 19.2. The Kier molecular flexibility index (Phi) is 2.41. The first-order valence-corrected chi connectivity index (χ1v) is 4.72. The van der Waals surface area contributed by atoms with Crippen LogP contribution in [0.3, 0.4) is 0 Å². The monoisotopic (exact) mass is 166 g/mol. The van der Waals surface area contributed by atoms with Gasteiger partial charge in [0.25, 0.3) is 0 Å². The highest BCUT2D eigenvalue weighted by Gasteiger charge is 2.30. The first-order valence-electron chi connectivity index (χ1n) is 4.72. The lowest BCUT2D eigenvalue weighted by atomic mass is 9.83. The van der Waals surface area contributed by atoms with Crippen LogP contribution in [0.4, 0.5) is 0 Å². The molecule has 0 aromatic carbocycles. The second kappa shape index (κ2) is 3.04. The summed E-state index contributed by atoms with van der Waals surface area (Å²) in [7, 11) is 0. The first-order chi connectivity index (χ1) is 5.46. The summed E-state index contributed by atoms with van der Waals surface area (Å²) in [6, 6.07) is 0. The van der Waals surface area contributed by atoms with Gasteiger partial charge in [0.1, 0.15) is 0 Å². The summed E-state index contributed by atoms with van der Waals surface area (Å²) in [5.74, 6) is 0.374. The molecule has 0 aromatic heterocycles. The van der Waals surface area contributed by atoms with Gasteiger partial charge in [0, 0.05) is 6.42 Å². The summed E-state index contributed by atoms with van der Waals surface area (Å²) < 4.78 is 0. The predicted molar refractivity (Wildman–Crippen MR) is 51.0 cm³/mol. The molecule has 0 bridgehead atoms. The molecule has 0 aromatic rings. The summed E-state index contributed by atoms with van der Waals surface area (Å²) in [6.45, 7) is 8.52. The SMILES string of the molecule is CCC1=C(C(C)(C)C)C(=O)CC1. The van der Waals surface area contributed by atoms with Crippen LogP contribution >= 0.6 is 0 Å². The Morgan fingerprint density at radius 3 is 2.17 bits per heavy atom. The van der Waals surface area contributed by atoms with Gasteiger partial charge in [0.2, 0.25) is 0 Å². The van der Waals surface area contributed by atoms with Crippen molar-refractivity contribution in [3.63, 3.8) is 0 Å². The van der Waals surface area contributed by atoms with Crippen molar-refractivity contribution in [3.8, 4) is 0 Å². The standard InChI is InChI=1S/C11H18O/c1-5-8-6-7-9(12)10(8)11(2,3)4/h5-7H2,1-4H3. The van der Waals surface area contributed by atoms with Crippen LogP contribution in [0, 0.1) is 5.41 Å². The molecule has 1 aliphatic carbocycles. The molecule has 68 valence electrons. The van der Waals surface area contributed by atoms with Gasteiger partial charge in [-0.2, -0.15) is 0 Å². The van der Waals surface area contributed by atoms with E-state index < -0.39 is 0 Å². The van der Waals surface area contributed by atoms with E-state index in [1.54, 1.807) is 0 Å². The maximum absolute atomic E-state index is 11.5. The molecular weight excluding hydrogens is 148 g/mol. The van der Waals surface area contributed by atoms with E-state index in [0.29, 0.717) is 5.78 Å². The van der Waals surface area contributed by atoms with Crippen molar-refractivity contribution >= 4 is 5.78 Å². The molecule has 0 heterocycles. The fourth-order valence-electron chi connectivity index (χ4n) is 2.01. The van der Waals surface area contributed by atoms with E-state index in [-0.39, 0.29) is 5.41 Å². The number of rotatable bonds is 1. The molecule has 1 nitrogen and oxygen atoms in total. The van der Waals surface area contributed by atoms with Crippen LogP contribution in [0.5, 0.6) is 0 Å². The third-order valence-corrected chi connectivity index (χ3v) is 2.46. The van der Waals surface area contributed by atoms with Crippen LogP contribution < -0.4 is 0 Å².